The minimum absolute atomic E-state index is 0.00666. The van der Waals surface area contributed by atoms with Crippen molar-refractivity contribution in [2.75, 3.05) is 34.4 Å². The molecule has 0 saturated carbocycles. The summed E-state index contributed by atoms with van der Waals surface area (Å²) in [6.45, 7) is 0.659. The van der Waals surface area contributed by atoms with Crippen molar-refractivity contribution < 1.29 is 28.9 Å². The number of carbonyl (C=O) groups is 1. The van der Waals surface area contributed by atoms with Crippen LogP contribution in [-0.2, 0) is 0 Å². The lowest BCUT2D eigenvalue weighted by Gasteiger charge is -2.26. The molecule has 2 aromatic rings. The number of hydrogen-bond donors (Lipinski definition) is 2. The van der Waals surface area contributed by atoms with Crippen molar-refractivity contribution in [2.45, 2.75) is 18.4 Å². The lowest BCUT2D eigenvalue weighted by Crippen LogP contribution is -2.32. The Bertz CT molecular complexity index is 959. The number of hydrogen-bond acceptors (Lipinski definition) is 6. The monoisotopic (exact) mass is 415 g/mol. The fourth-order valence-electron chi connectivity index (χ4n) is 4.04. The maximum absolute atomic E-state index is 13.4. The molecule has 2 aromatic carbocycles. The van der Waals surface area contributed by atoms with Crippen LogP contribution < -0.4 is 9.47 Å². The van der Waals surface area contributed by atoms with Gasteiger partial charge in [-0.2, -0.15) is 0 Å². The molecule has 0 aliphatic carbocycles. The smallest absolute Gasteiger partial charge is 0.193 e. The van der Waals surface area contributed by atoms with Gasteiger partial charge in [0.2, 0.25) is 0 Å². The first-order valence-corrected chi connectivity index (χ1v) is 9.68. The number of rotatable bonds is 7. The number of ether oxygens (including phenoxy) is 2. The van der Waals surface area contributed by atoms with Crippen molar-refractivity contribution in [3.8, 4) is 17.2 Å². The normalized spacial score (nSPS) is 19.4. The second-order valence-electron chi connectivity index (χ2n) is 7.30. The summed E-state index contributed by atoms with van der Waals surface area (Å²) in [5.74, 6) is -0.748. The lowest BCUT2D eigenvalue weighted by molar-refractivity contribution is 0.104. The van der Waals surface area contributed by atoms with Crippen LogP contribution >= 0.6 is 0 Å². The zero-order valence-electron chi connectivity index (χ0n) is 17.3. The van der Waals surface area contributed by atoms with E-state index in [1.54, 1.807) is 18.2 Å². The summed E-state index contributed by atoms with van der Waals surface area (Å²) in [7, 11) is 4.79. The number of carbonyl (C=O) groups excluding carboxylic acids is 1. The molecule has 2 atom stereocenters. The van der Waals surface area contributed by atoms with Gasteiger partial charge in [-0.3, -0.25) is 4.79 Å². The van der Waals surface area contributed by atoms with E-state index in [0.29, 0.717) is 23.3 Å². The number of likely N-dealkylation sites (N-methyl/N-ethyl adjacent to an activating group) is 1. The van der Waals surface area contributed by atoms with E-state index in [0.717, 1.165) is 6.54 Å². The van der Waals surface area contributed by atoms with Crippen LogP contribution in [0.1, 0.15) is 33.8 Å². The van der Waals surface area contributed by atoms with Crippen LogP contribution in [0.3, 0.4) is 0 Å². The van der Waals surface area contributed by atoms with Crippen LogP contribution in [0.15, 0.2) is 36.4 Å². The molecule has 1 heterocycles. The number of phenols is 1. The van der Waals surface area contributed by atoms with E-state index in [1.165, 1.54) is 38.5 Å². The van der Waals surface area contributed by atoms with Crippen LogP contribution in [0, 0.1) is 5.82 Å². The Morgan fingerprint density at radius 3 is 2.63 bits per heavy atom. The number of aliphatic hydroxyl groups is 1. The molecular formula is C23H26FNO5. The zero-order valence-corrected chi connectivity index (χ0v) is 17.3. The molecule has 6 nitrogen and oxygen atoms in total. The number of likely N-dealkylation sites (tertiary alicyclic amines) is 1. The van der Waals surface area contributed by atoms with Crippen LogP contribution in [0.2, 0.25) is 0 Å². The van der Waals surface area contributed by atoms with Crippen LogP contribution in [0.5, 0.6) is 17.2 Å². The Balaban J connectivity index is 2.06. The Hall–Kier alpha value is -2.90. The number of methoxy groups -OCH3 is 2. The molecule has 2 N–H and O–H groups in total. The molecule has 3 rings (SSSR count). The summed E-state index contributed by atoms with van der Waals surface area (Å²) in [6.07, 6.45) is 3.45. The topological polar surface area (TPSA) is 79.2 Å². The van der Waals surface area contributed by atoms with E-state index >= 15 is 0 Å². The number of aromatic hydroxyl groups is 1. The summed E-state index contributed by atoms with van der Waals surface area (Å²) in [5, 5.41) is 20.9. The summed E-state index contributed by atoms with van der Waals surface area (Å²) in [6, 6.07) is 7.22. The third-order valence-electron chi connectivity index (χ3n) is 5.61. The molecule has 0 radical (unpaired) electrons. The maximum Gasteiger partial charge on any atom is 0.193 e. The number of halogens is 1. The van der Waals surface area contributed by atoms with E-state index in [2.05, 4.69) is 0 Å². The summed E-state index contributed by atoms with van der Waals surface area (Å²) >= 11 is 0. The van der Waals surface area contributed by atoms with Gasteiger partial charge in [-0.25, -0.2) is 4.39 Å². The number of nitrogens with zero attached hydrogens (tertiary/aromatic N) is 1. The van der Waals surface area contributed by atoms with E-state index in [4.69, 9.17) is 9.47 Å². The maximum atomic E-state index is 13.4. The first-order valence-electron chi connectivity index (χ1n) is 9.68. The largest absolute Gasteiger partial charge is 0.507 e. The quantitative estimate of drug-likeness (QED) is 0.534. The Kier molecular flexibility index (Phi) is 6.74. The average Bonchev–Trinajstić information content (AvgIpc) is 3.11. The molecule has 160 valence electrons. The van der Waals surface area contributed by atoms with E-state index in [1.807, 2.05) is 11.9 Å². The number of aliphatic hydroxyl groups excluding tert-OH is 1. The minimum Gasteiger partial charge on any atom is -0.507 e. The Morgan fingerprint density at radius 2 is 2.00 bits per heavy atom. The minimum atomic E-state index is -0.482. The fraction of sp³-hybridized carbons (Fsp3) is 0.348. The SMILES string of the molecule is COc1cc(OC)c(C2CCN(C)C2CO)c(O)c1C(=O)/C=C/c1cccc(F)c1. The van der Waals surface area contributed by atoms with Crippen LogP contribution in [-0.4, -0.2) is 61.4 Å². The Morgan fingerprint density at radius 1 is 1.27 bits per heavy atom. The van der Waals surface area contributed by atoms with Crippen molar-refractivity contribution in [3.05, 3.63) is 58.9 Å². The van der Waals surface area contributed by atoms with Gasteiger partial charge in [0.05, 0.1) is 20.8 Å². The van der Waals surface area contributed by atoms with E-state index in [-0.39, 0.29) is 35.6 Å². The number of ketones is 1. The molecule has 0 aromatic heterocycles. The van der Waals surface area contributed by atoms with Crippen molar-refractivity contribution >= 4 is 11.9 Å². The molecule has 0 bridgehead atoms. The van der Waals surface area contributed by atoms with Gasteiger partial charge in [0, 0.05) is 23.6 Å². The van der Waals surface area contributed by atoms with Gasteiger partial charge >= 0.3 is 0 Å². The molecule has 1 saturated heterocycles. The molecule has 2 unspecified atom stereocenters. The second kappa shape index (κ2) is 9.28. The number of allylic oxidation sites excluding steroid dienone is 1. The zero-order chi connectivity index (χ0) is 21.8. The molecule has 0 amide bonds. The van der Waals surface area contributed by atoms with Crippen molar-refractivity contribution in [1.29, 1.82) is 0 Å². The molecule has 7 heteroatoms. The molecule has 1 fully saturated rings. The second-order valence-corrected chi connectivity index (χ2v) is 7.30. The van der Waals surface area contributed by atoms with Gasteiger partial charge in [-0.1, -0.05) is 18.2 Å². The van der Waals surface area contributed by atoms with Crippen molar-refractivity contribution in [3.63, 3.8) is 0 Å². The highest BCUT2D eigenvalue weighted by molar-refractivity contribution is 6.11. The third-order valence-corrected chi connectivity index (χ3v) is 5.61. The van der Waals surface area contributed by atoms with Crippen LogP contribution in [0.25, 0.3) is 6.08 Å². The number of benzene rings is 2. The molecular weight excluding hydrogens is 389 g/mol. The van der Waals surface area contributed by atoms with Gasteiger partial charge in [0.15, 0.2) is 5.78 Å². The molecule has 1 aliphatic heterocycles. The molecule has 1 aliphatic rings. The highest BCUT2D eigenvalue weighted by atomic mass is 19.1. The van der Waals surface area contributed by atoms with E-state index in [9.17, 15) is 19.4 Å². The molecule has 30 heavy (non-hydrogen) atoms. The van der Waals surface area contributed by atoms with Gasteiger partial charge in [0.25, 0.3) is 0 Å². The standard InChI is InChI=1S/C23H26FNO5/c1-25-10-9-16(17(25)13-26)21-19(29-2)12-20(30-3)22(23(21)28)18(27)8-7-14-5-4-6-15(24)11-14/h4-8,11-12,16-17,26,28H,9-10,13H2,1-3H3/b8-7+. The molecule has 0 spiro atoms. The van der Waals surface area contributed by atoms with Gasteiger partial charge in [0.1, 0.15) is 28.6 Å². The first-order chi connectivity index (χ1) is 14.4. The van der Waals surface area contributed by atoms with Crippen LogP contribution in [0.4, 0.5) is 4.39 Å². The van der Waals surface area contributed by atoms with Gasteiger partial charge in [-0.05, 0) is 43.8 Å². The first kappa shape index (κ1) is 21.8. The van der Waals surface area contributed by atoms with E-state index < -0.39 is 11.6 Å². The number of phenolic OH excluding ortho intramolecular Hbond substituents is 1. The highest BCUT2D eigenvalue weighted by Crippen LogP contribution is 2.47. The van der Waals surface area contributed by atoms with Crippen molar-refractivity contribution in [2.24, 2.45) is 0 Å². The fourth-order valence-corrected chi connectivity index (χ4v) is 4.04. The lowest BCUT2D eigenvalue weighted by atomic mass is 9.87. The summed E-state index contributed by atoms with van der Waals surface area (Å²) in [4.78, 5) is 15.0. The van der Waals surface area contributed by atoms with Gasteiger partial charge in [-0.15, -0.1) is 0 Å². The summed E-state index contributed by atoms with van der Waals surface area (Å²) in [5.41, 5.74) is 1.00. The predicted octanol–water partition coefficient (Wildman–Crippen LogP) is 3.22. The summed E-state index contributed by atoms with van der Waals surface area (Å²) < 4.78 is 24.2. The third kappa shape index (κ3) is 4.17. The average molecular weight is 415 g/mol. The Labute approximate surface area is 175 Å². The predicted molar refractivity (Wildman–Crippen MR) is 112 cm³/mol. The highest BCUT2D eigenvalue weighted by Gasteiger charge is 2.37. The van der Waals surface area contributed by atoms with Gasteiger partial charge < -0.3 is 24.6 Å². The van der Waals surface area contributed by atoms with Crippen molar-refractivity contribution in [1.82, 2.24) is 4.90 Å².